The molecule has 0 aromatic carbocycles. The second-order valence-electron chi connectivity index (χ2n) is 11.2. The van der Waals surface area contributed by atoms with Crippen LogP contribution in [0.5, 0.6) is 0 Å². The third-order valence-corrected chi connectivity index (χ3v) is 12.4. The minimum atomic E-state index is -3.69. The molecule has 1 saturated heterocycles. The molecule has 2 fully saturated rings. The number of nitriles is 1. The maximum Gasteiger partial charge on any atom is 0.214 e. The van der Waals surface area contributed by atoms with E-state index in [9.17, 15) is 16.8 Å². The minimum absolute atomic E-state index is 0.0276. The molecule has 8 nitrogen and oxygen atoms in total. The summed E-state index contributed by atoms with van der Waals surface area (Å²) in [6.45, 7) is 8.65. The highest BCUT2D eigenvalue weighted by atomic mass is 32.2. The molecule has 0 amide bonds. The SMILES string of the molecule is C=C(C1(C/C=C(/CCC)C2=c3cc[nH]c3=C=CC=N2)CC1)S(=O)(=O)/C(C)=C\CC1CCN(S(=O)(=O)CCCC#N)C1. The normalized spacial score (nSPS) is 20.8. The van der Waals surface area contributed by atoms with Crippen LogP contribution >= 0.6 is 0 Å². The first kappa shape index (κ1) is 31.0. The summed E-state index contributed by atoms with van der Waals surface area (Å²) in [5.41, 5.74) is 4.71. The average Bonchev–Trinajstić information content (AvgIpc) is 3.40. The van der Waals surface area contributed by atoms with E-state index < -0.39 is 25.3 Å². The quantitative estimate of drug-likeness (QED) is 0.322. The Kier molecular flexibility index (Phi) is 9.76. The molecule has 1 aromatic heterocycles. The molecule has 1 aromatic rings. The van der Waals surface area contributed by atoms with Gasteiger partial charge >= 0.3 is 0 Å². The second kappa shape index (κ2) is 12.9. The van der Waals surface area contributed by atoms with Gasteiger partial charge < -0.3 is 4.98 Å². The van der Waals surface area contributed by atoms with Gasteiger partial charge in [0.2, 0.25) is 10.0 Å². The van der Waals surface area contributed by atoms with Gasteiger partial charge in [-0.25, -0.2) is 21.1 Å². The summed E-state index contributed by atoms with van der Waals surface area (Å²) in [6.07, 6.45) is 14.9. The molecule has 220 valence electrons. The molecular weight excluding hydrogens is 556 g/mol. The van der Waals surface area contributed by atoms with Crippen LogP contribution in [0.1, 0.15) is 71.6 Å². The molecule has 1 atom stereocenters. The molecule has 10 heteroatoms. The molecule has 41 heavy (non-hydrogen) atoms. The van der Waals surface area contributed by atoms with E-state index in [0.717, 1.165) is 47.5 Å². The summed E-state index contributed by atoms with van der Waals surface area (Å²) in [5.74, 6) is 0.0379. The molecule has 0 bridgehead atoms. The smallest absolute Gasteiger partial charge is 0.214 e. The first-order chi connectivity index (χ1) is 19.5. The van der Waals surface area contributed by atoms with Crippen LogP contribution in [-0.2, 0) is 19.9 Å². The molecule has 1 N–H and O–H groups in total. The van der Waals surface area contributed by atoms with Gasteiger partial charge in [0, 0.05) is 58.4 Å². The number of rotatable bonds is 14. The monoisotopic (exact) mass is 596 g/mol. The Bertz CT molecular complexity index is 1680. The van der Waals surface area contributed by atoms with Gasteiger partial charge in [-0.3, -0.25) is 4.99 Å². The van der Waals surface area contributed by atoms with Crippen LogP contribution in [0.3, 0.4) is 0 Å². The van der Waals surface area contributed by atoms with Crippen LogP contribution < -0.4 is 10.6 Å². The van der Waals surface area contributed by atoms with Gasteiger partial charge in [-0.15, -0.1) is 0 Å². The number of aromatic amines is 1. The van der Waals surface area contributed by atoms with E-state index in [2.05, 4.69) is 35.3 Å². The van der Waals surface area contributed by atoms with Crippen LogP contribution in [0.15, 0.2) is 57.4 Å². The number of aromatic nitrogens is 1. The zero-order chi connectivity index (χ0) is 29.7. The van der Waals surface area contributed by atoms with Crippen LogP contribution in [0, 0.1) is 22.7 Å². The molecule has 1 unspecified atom stereocenters. The molecule has 0 spiro atoms. The molecule has 3 heterocycles. The van der Waals surface area contributed by atoms with Gasteiger partial charge in [0.15, 0.2) is 9.84 Å². The minimum Gasteiger partial charge on any atom is -0.355 e. The molecule has 2 aliphatic heterocycles. The van der Waals surface area contributed by atoms with Crippen molar-refractivity contribution >= 4 is 37.5 Å². The Morgan fingerprint density at radius 3 is 2.80 bits per heavy atom. The first-order valence-electron chi connectivity index (χ1n) is 14.4. The number of nitrogens with one attached hydrogen (secondary N) is 1. The maximum absolute atomic E-state index is 13.6. The van der Waals surface area contributed by atoms with Crippen LogP contribution in [0.25, 0.3) is 11.4 Å². The molecule has 3 aliphatic rings. The van der Waals surface area contributed by atoms with Gasteiger partial charge in [0.05, 0.1) is 22.9 Å². The maximum atomic E-state index is 13.6. The fourth-order valence-electron chi connectivity index (χ4n) is 5.52. The van der Waals surface area contributed by atoms with Crippen LogP contribution in [0.4, 0.5) is 0 Å². The van der Waals surface area contributed by atoms with Crippen molar-refractivity contribution in [2.45, 2.75) is 71.6 Å². The number of hydrogen-bond acceptors (Lipinski definition) is 6. The van der Waals surface area contributed by atoms with E-state index in [0.29, 0.717) is 38.8 Å². The summed E-state index contributed by atoms with van der Waals surface area (Å²) in [5, 5.41) is 10.6. The third kappa shape index (κ3) is 7.10. The third-order valence-electron chi connectivity index (χ3n) is 8.34. The van der Waals surface area contributed by atoms with Gasteiger partial charge in [-0.05, 0) is 69.4 Å². The van der Waals surface area contributed by atoms with Gasteiger partial charge in [-0.1, -0.05) is 37.8 Å². The summed E-state index contributed by atoms with van der Waals surface area (Å²) in [7, 11) is -7.09. The number of H-pyrrole nitrogens is 1. The second-order valence-corrected chi connectivity index (χ2v) is 15.5. The molecule has 0 radical (unpaired) electrons. The van der Waals surface area contributed by atoms with Crippen molar-refractivity contribution in [3.8, 4) is 6.07 Å². The lowest BCUT2D eigenvalue weighted by Gasteiger charge is -2.19. The number of sulfone groups is 1. The fourth-order valence-corrected chi connectivity index (χ4v) is 8.67. The molecule has 1 aliphatic carbocycles. The van der Waals surface area contributed by atoms with E-state index in [1.807, 2.05) is 18.3 Å². The highest BCUT2D eigenvalue weighted by Gasteiger charge is 2.49. The van der Waals surface area contributed by atoms with Gasteiger partial charge in [-0.2, -0.15) is 5.26 Å². The standard InChI is InChI=1S/C31H40N4O4S2/c1-4-8-27(30-28-13-20-33-29(28)9-7-19-34-30)12-15-31(16-17-31)25(3)41(38,39)24(2)10-11-26-14-21-35(23-26)40(36,37)22-6-5-18-32/h7,10,12-13,19-20,26,33H,3-6,8,11,14-17,21-23H2,1-2H3/b24-10-,27-12-. The summed E-state index contributed by atoms with van der Waals surface area (Å²) in [4.78, 5) is 8.43. The Hall–Kier alpha value is -2.96. The van der Waals surface area contributed by atoms with Crippen molar-refractivity contribution < 1.29 is 16.8 Å². The first-order valence-corrected chi connectivity index (χ1v) is 17.5. The zero-order valence-electron chi connectivity index (χ0n) is 24.0. The lowest BCUT2D eigenvalue weighted by molar-refractivity contribution is 0.456. The number of unbranched alkanes of at least 4 members (excludes halogenated alkanes) is 1. The van der Waals surface area contributed by atoms with E-state index in [1.165, 1.54) is 4.31 Å². The Balaban J connectivity index is 1.44. The number of sulfonamides is 1. The van der Waals surface area contributed by atoms with Crippen molar-refractivity contribution in [2.75, 3.05) is 18.8 Å². The summed E-state index contributed by atoms with van der Waals surface area (Å²) in [6, 6.07) is 3.98. The number of nitrogens with zero attached hydrogens (tertiary/aromatic N) is 3. The lowest BCUT2D eigenvalue weighted by Crippen LogP contribution is -2.31. The Morgan fingerprint density at radius 2 is 2.10 bits per heavy atom. The van der Waals surface area contributed by atoms with Crippen molar-refractivity contribution in [3.05, 3.63) is 63.0 Å². The molecule has 1 saturated carbocycles. The predicted octanol–water partition coefficient (Wildman–Crippen LogP) is 4.22. The number of aliphatic imine (C=N–C) groups is 1. The van der Waals surface area contributed by atoms with Crippen LogP contribution in [-0.4, -0.2) is 51.2 Å². The Morgan fingerprint density at radius 1 is 1.32 bits per heavy atom. The number of hydrogen-bond donors (Lipinski definition) is 1. The topological polar surface area (TPSA) is 123 Å². The largest absolute Gasteiger partial charge is 0.355 e. The molecule has 4 rings (SSSR count). The van der Waals surface area contributed by atoms with E-state index in [4.69, 9.17) is 5.26 Å². The lowest BCUT2D eigenvalue weighted by atomic mass is 9.97. The summed E-state index contributed by atoms with van der Waals surface area (Å²) < 4.78 is 53.7. The van der Waals surface area contributed by atoms with Crippen molar-refractivity contribution in [1.82, 2.24) is 9.29 Å². The van der Waals surface area contributed by atoms with Crippen molar-refractivity contribution in [2.24, 2.45) is 16.3 Å². The zero-order valence-corrected chi connectivity index (χ0v) is 25.7. The van der Waals surface area contributed by atoms with Gasteiger partial charge in [0.1, 0.15) is 0 Å². The van der Waals surface area contributed by atoms with E-state index >= 15 is 0 Å². The number of allylic oxidation sites excluding steroid dienone is 5. The predicted molar refractivity (Wildman–Crippen MR) is 164 cm³/mol. The van der Waals surface area contributed by atoms with Gasteiger partial charge in [0.25, 0.3) is 0 Å². The van der Waals surface area contributed by atoms with Crippen molar-refractivity contribution in [3.63, 3.8) is 0 Å². The van der Waals surface area contributed by atoms with E-state index in [-0.39, 0.29) is 27.9 Å². The highest BCUT2D eigenvalue weighted by molar-refractivity contribution is 7.99. The number of fused-ring (bicyclic) bond motifs is 1. The average molecular weight is 597 g/mol. The van der Waals surface area contributed by atoms with Crippen molar-refractivity contribution in [1.29, 1.82) is 5.26 Å². The summed E-state index contributed by atoms with van der Waals surface area (Å²) >= 11 is 0. The van der Waals surface area contributed by atoms with Crippen LogP contribution in [0.2, 0.25) is 0 Å². The van der Waals surface area contributed by atoms with E-state index in [1.54, 1.807) is 25.3 Å². The fraction of sp³-hybridized carbons (Fsp3) is 0.516. The molecular formula is C31H40N4O4S2. The highest BCUT2D eigenvalue weighted by Crippen LogP contribution is 2.57. The Labute approximate surface area is 244 Å².